The molecule has 2 amide bonds. The summed E-state index contributed by atoms with van der Waals surface area (Å²) in [7, 11) is 1.59. The average Bonchev–Trinajstić information content (AvgIpc) is 2.76. The Morgan fingerprint density at radius 3 is 2.24 bits per heavy atom. The number of hydrogen-bond donors (Lipinski definition) is 1. The van der Waals surface area contributed by atoms with E-state index in [9.17, 15) is 22.8 Å². The number of aromatic nitrogens is 1. The van der Waals surface area contributed by atoms with Crippen LogP contribution in [-0.4, -0.2) is 72.9 Å². The number of para-hydroxylation sites is 1. The largest absolute Gasteiger partial charge is 0.417 e. The number of alkyl halides is 3. The first kappa shape index (κ1) is 24.5. The van der Waals surface area contributed by atoms with Crippen LogP contribution in [0.15, 0.2) is 36.5 Å². The van der Waals surface area contributed by atoms with Gasteiger partial charge in [-0.25, -0.2) is 4.98 Å². The smallest absolute Gasteiger partial charge is 0.354 e. The number of likely N-dealkylation sites (N-methyl/N-ethyl adjacent to an activating group) is 1. The van der Waals surface area contributed by atoms with Crippen molar-refractivity contribution in [3.05, 3.63) is 53.2 Å². The van der Waals surface area contributed by atoms with Crippen LogP contribution in [-0.2, 0) is 15.8 Å². The number of amides is 2. The minimum atomic E-state index is -4.41. The van der Waals surface area contributed by atoms with Crippen LogP contribution in [0.4, 0.5) is 24.7 Å². The number of halogens is 3. The van der Waals surface area contributed by atoms with Gasteiger partial charge >= 0.3 is 6.18 Å². The van der Waals surface area contributed by atoms with Crippen LogP contribution >= 0.6 is 0 Å². The van der Waals surface area contributed by atoms with E-state index >= 15 is 0 Å². The third-order valence-corrected chi connectivity index (χ3v) is 5.68. The van der Waals surface area contributed by atoms with Crippen LogP contribution in [0.2, 0.25) is 0 Å². The van der Waals surface area contributed by atoms with Crippen molar-refractivity contribution < 1.29 is 22.8 Å². The molecule has 10 heteroatoms. The maximum absolute atomic E-state index is 12.7. The lowest BCUT2D eigenvalue weighted by Crippen LogP contribution is -2.50. The molecule has 1 aliphatic rings. The molecular formula is C23H28F3N5O2. The maximum Gasteiger partial charge on any atom is 0.417 e. The summed E-state index contributed by atoms with van der Waals surface area (Å²) in [5, 5.41) is 2.87. The predicted octanol–water partition coefficient (Wildman–Crippen LogP) is 2.94. The summed E-state index contributed by atoms with van der Waals surface area (Å²) >= 11 is 0. The molecule has 0 radical (unpaired) electrons. The maximum atomic E-state index is 12.7. The van der Waals surface area contributed by atoms with Crippen molar-refractivity contribution in [3.8, 4) is 0 Å². The minimum Gasteiger partial charge on any atom is -0.354 e. The number of anilines is 2. The molecule has 2 aromatic rings. The predicted molar refractivity (Wildman–Crippen MR) is 120 cm³/mol. The normalized spacial score (nSPS) is 14.8. The molecule has 0 atom stereocenters. The third-order valence-electron chi connectivity index (χ3n) is 5.68. The molecule has 1 saturated heterocycles. The van der Waals surface area contributed by atoms with Gasteiger partial charge in [0.15, 0.2) is 0 Å². The van der Waals surface area contributed by atoms with Gasteiger partial charge in [0.05, 0.1) is 18.7 Å². The Kier molecular flexibility index (Phi) is 7.57. The Hall–Kier alpha value is -3.14. The second-order valence-corrected chi connectivity index (χ2v) is 8.23. The summed E-state index contributed by atoms with van der Waals surface area (Å²) in [6.45, 7) is 6.16. The zero-order valence-electron chi connectivity index (χ0n) is 18.9. The molecular weight excluding hydrogens is 435 g/mol. The van der Waals surface area contributed by atoms with Gasteiger partial charge in [0.1, 0.15) is 5.82 Å². The lowest BCUT2D eigenvalue weighted by Gasteiger charge is -2.35. The van der Waals surface area contributed by atoms with Gasteiger partial charge in [0.25, 0.3) is 0 Å². The Morgan fingerprint density at radius 2 is 1.70 bits per heavy atom. The molecule has 1 fully saturated rings. The van der Waals surface area contributed by atoms with Gasteiger partial charge in [-0.1, -0.05) is 18.2 Å². The van der Waals surface area contributed by atoms with E-state index in [1.807, 2.05) is 41.8 Å². The molecule has 7 nitrogen and oxygen atoms in total. The number of carbonyl (C=O) groups is 2. The number of nitrogens with zero attached hydrogens (tertiary/aromatic N) is 4. The molecule has 0 unspecified atom stereocenters. The Bertz CT molecular complexity index is 966. The van der Waals surface area contributed by atoms with E-state index in [-0.39, 0.29) is 24.9 Å². The van der Waals surface area contributed by atoms with E-state index in [1.54, 1.807) is 7.05 Å². The first-order valence-electron chi connectivity index (χ1n) is 10.6. The van der Waals surface area contributed by atoms with Gasteiger partial charge in [-0.15, -0.1) is 0 Å². The number of hydrogen-bond acceptors (Lipinski definition) is 5. The molecule has 2 heterocycles. The second-order valence-electron chi connectivity index (χ2n) is 8.23. The van der Waals surface area contributed by atoms with Crippen LogP contribution in [0, 0.1) is 13.8 Å². The SMILES string of the molecule is Cc1cccc(C)c1NC(=O)CN(C)C(=O)CN1CCN(c2ccc(C(F)(F)F)cn2)CC1. The fourth-order valence-electron chi connectivity index (χ4n) is 3.68. The van der Waals surface area contributed by atoms with E-state index in [0.29, 0.717) is 32.0 Å². The standard InChI is InChI=1S/C23H28F3N5O2/c1-16-5-4-6-17(2)22(16)28-20(32)14-29(3)21(33)15-30-9-11-31(12-10-30)19-8-7-18(13-27-19)23(24,25)26/h4-8,13H,9-12,14-15H2,1-3H3,(H,28,32). The summed E-state index contributed by atoms with van der Waals surface area (Å²) in [5.74, 6) is 0.0449. The lowest BCUT2D eigenvalue weighted by atomic mass is 10.1. The average molecular weight is 464 g/mol. The fraction of sp³-hybridized carbons (Fsp3) is 0.435. The zero-order chi connectivity index (χ0) is 24.2. The Balaban J connectivity index is 1.46. The second kappa shape index (κ2) is 10.2. The molecule has 3 rings (SSSR count). The first-order valence-corrected chi connectivity index (χ1v) is 10.6. The summed E-state index contributed by atoms with van der Waals surface area (Å²) in [5.41, 5.74) is 1.90. The third kappa shape index (κ3) is 6.44. The summed E-state index contributed by atoms with van der Waals surface area (Å²) < 4.78 is 38.1. The molecule has 33 heavy (non-hydrogen) atoms. The molecule has 1 aromatic carbocycles. The molecule has 0 bridgehead atoms. The van der Waals surface area contributed by atoms with Gasteiger partial charge in [-0.3, -0.25) is 14.5 Å². The highest BCUT2D eigenvalue weighted by molar-refractivity contribution is 5.95. The summed E-state index contributed by atoms with van der Waals surface area (Å²) in [4.78, 5) is 34.2. The minimum absolute atomic E-state index is 0.0535. The van der Waals surface area contributed by atoms with E-state index in [1.165, 1.54) is 11.0 Å². The fourth-order valence-corrected chi connectivity index (χ4v) is 3.68. The number of rotatable bonds is 6. The molecule has 1 aromatic heterocycles. The zero-order valence-corrected chi connectivity index (χ0v) is 18.9. The van der Waals surface area contributed by atoms with Crippen molar-refractivity contribution in [1.29, 1.82) is 0 Å². The monoisotopic (exact) mass is 463 g/mol. The lowest BCUT2D eigenvalue weighted by molar-refractivity contribution is -0.137. The molecule has 0 aliphatic carbocycles. The van der Waals surface area contributed by atoms with E-state index in [2.05, 4.69) is 10.3 Å². The van der Waals surface area contributed by atoms with Crippen LogP contribution in [0.1, 0.15) is 16.7 Å². The Labute approximate surface area is 191 Å². The first-order chi connectivity index (χ1) is 15.5. The van der Waals surface area contributed by atoms with E-state index in [0.717, 1.165) is 29.1 Å². The van der Waals surface area contributed by atoms with E-state index < -0.39 is 11.7 Å². The van der Waals surface area contributed by atoms with Crippen molar-refractivity contribution in [3.63, 3.8) is 0 Å². The Morgan fingerprint density at radius 1 is 1.06 bits per heavy atom. The van der Waals surface area contributed by atoms with Crippen molar-refractivity contribution >= 4 is 23.3 Å². The number of nitrogens with one attached hydrogen (secondary N) is 1. The number of pyridine rings is 1. The van der Waals surface area contributed by atoms with Crippen LogP contribution < -0.4 is 10.2 Å². The van der Waals surface area contributed by atoms with Gasteiger partial charge in [-0.2, -0.15) is 13.2 Å². The molecule has 0 spiro atoms. The highest BCUT2D eigenvalue weighted by atomic mass is 19.4. The molecule has 0 saturated carbocycles. The number of aryl methyl sites for hydroxylation is 2. The number of benzene rings is 1. The van der Waals surface area contributed by atoms with Crippen molar-refractivity contribution in [2.24, 2.45) is 0 Å². The van der Waals surface area contributed by atoms with Crippen LogP contribution in [0.3, 0.4) is 0 Å². The summed E-state index contributed by atoms with van der Waals surface area (Å²) in [6, 6.07) is 8.14. The van der Waals surface area contributed by atoms with Gasteiger partial charge < -0.3 is 15.1 Å². The number of carbonyl (C=O) groups excluding carboxylic acids is 2. The molecule has 178 valence electrons. The summed E-state index contributed by atoms with van der Waals surface area (Å²) in [6.07, 6.45) is -3.57. The highest BCUT2D eigenvalue weighted by Gasteiger charge is 2.31. The highest BCUT2D eigenvalue weighted by Crippen LogP contribution is 2.29. The topological polar surface area (TPSA) is 68.8 Å². The van der Waals surface area contributed by atoms with Gasteiger partial charge in [0.2, 0.25) is 11.8 Å². The van der Waals surface area contributed by atoms with Crippen LogP contribution in [0.25, 0.3) is 0 Å². The molecule has 1 N–H and O–H groups in total. The van der Waals surface area contributed by atoms with Crippen molar-refractivity contribution in [1.82, 2.24) is 14.8 Å². The van der Waals surface area contributed by atoms with Gasteiger partial charge in [0, 0.05) is 45.1 Å². The van der Waals surface area contributed by atoms with Crippen LogP contribution in [0.5, 0.6) is 0 Å². The molecule has 1 aliphatic heterocycles. The van der Waals surface area contributed by atoms with Gasteiger partial charge in [-0.05, 0) is 37.1 Å². The van der Waals surface area contributed by atoms with Crippen molar-refractivity contribution in [2.75, 3.05) is 56.5 Å². The number of piperazine rings is 1. The quantitative estimate of drug-likeness (QED) is 0.714. The van der Waals surface area contributed by atoms with Crippen molar-refractivity contribution in [2.45, 2.75) is 20.0 Å². The van der Waals surface area contributed by atoms with E-state index in [4.69, 9.17) is 0 Å².